The molecule has 0 aliphatic rings. The molecule has 1 atom stereocenters. The van der Waals surface area contributed by atoms with Gasteiger partial charge in [0.1, 0.15) is 6.04 Å². The molecule has 2 N–H and O–H groups in total. The molecule has 2 aromatic rings. The summed E-state index contributed by atoms with van der Waals surface area (Å²) in [4.78, 5) is 27.9. The molecule has 0 radical (unpaired) electrons. The van der Waals surface area contributed by atoms with E-state index in [-0.39, 0.29) is 5.91 Å². The molecule has 1 heterocycles. The number of carbonyl (C=O) groups is 2. The number of aromatic nitrogens is 1. The number of benzene rings is 1. The Morgan fingerprint density at radius 3 is 2.71 bits per heavy atom. The number of nitrogens with zero attached hydrogens (tertiary/aromatic N) is 1. The number of aliphatic carboxylic acids is 1. The fraction of sp³-hybridized carbons (Fsp3) is 0.312. The third-order valence-electron chi connectivity index (χ3n) is 3.27. The molecule has 1 aromatic heterocycles. The Labute approximate surface area is 123 Å². The lowest BCUT2D eigenvalue weighted by atomic mass is 10.1. The average molecular weight is 286 g/mol. The van der Waals surface area contributed by atoms with Crippen molar-refractivity contribution in [1.82, 2.24) is 10.3 Å². The number of para-hydroxylation sites is 1. The Kier molecular flexibility index (Phi) is 4.52. The van der Waals surface area contributed by atoms with Gasteiger partial charge >= 0.3 is 5.97 Å². The zero-order valence-electron chi connectivity index (χ0n) is 12.1. The summed E-state index contributed by atoms with van der Waals surface area (Å²) in [5.74, 6) is -1.39. The van der Waals surface area contributed by atoms with Crippen molar-refractivity contribution in [3.8, 4) is 0 Å². The minimum Gasteiger partial charge on any atom is -0.480 e. The summed E-state index contributed by atoms with van der Waals surface area (Å²) in [6.45, 7) is 3.69. The van der Waals surface area contributed by atoms with E-state index in [1.807, 2.05) is 38.1 Å². The summed E-state index contributed by atoms with van der Waals surface area (Å²) in [5.41, 5.74) is 1.91. The van der Waals surface area contributed by atoms with Crippen LogP contribution in [-0.4, -0.2) is 28.0 Å². The van der Waals surface area contributed by atoms with Crippen LogP contribution >= 0.6 is 0 Å². The average Bonchev–Trinajstić information content (AvgIpc) is 2.45. The third-order valence-corrected chi connectivity index (χ3v) is 3.27. The van der Waals surface area contributed by atoms with Crippen LogP contribution in [0.2, 0.25) is 0 Å². The Morgan fingerprint density at radius 1 is 1.33 bits per heavy atom. The molecule has 0 saturated carbocycles. The topological polar surface area (TPSA) is 79.3 Å². The lowest BCUT2D eigenvalue weighted by molar-refractivity contribution is -0.139. The van der Waals surface area contributed by atoms with Gasteiger partial charge in [0.25, 0.3) is 5.91 Å². The quantitative estimate of drug-likeness (QED) is 0.885. The monoisotopic (exact) mass is 286 g/mol. The molecule has 0 saturated heterocycles. The van der Waals surface area contributed by atoms with Gasteiger partial charge in [0.05, 0.1) is 11.1 Å². The van der Waals surface area contributed by atoms with Gasteiger partial charge in [-0.2, -0.15) is 0 Å². The molecule has 5 nitrogen and oxygen atoms in total. The van der Waals surface area contributed by atoms with Crippen LogP contribution in [0.25, 0.3) is 10.9 Å². The molecular weight excluding hydrogens is 268 g/mol. The van der Waals surface area contributed by atoms with Crippen LogP contribution in [0.4, 0.5) is 0 Å². The zero-order valence-corrected chi connectivity index (χ0v) is 12.1. The maximum absolute atomic E-state index is 12.4. The number of rotatable bonds is 5. The number of pyridine rings is 1. The van der Waals surface area contributed by atoms with Gasteiger partial charge in [-0.15, -0.1) is 0 Å². The second-order valence-corrected chi connectivity index (χ2v) is 4.98. The fourth-order valence-electron chi connectivity index (χ4n) is 2.28. The summed E-state index contributed by atoms with van der Waals surface area (Å²) in [5, 5.41) is 12.5. The molecule has 0 spiro atoms. The van der Waals surface area contributed by atoms with Gasteiger partial charge in [-0.25, -0.2) is 4.79 Å². The summed E-state index contributed by atoms with van der Waals surface area (Å²) < 4.78 is 0. The molecule has 21 heavy (non-hydrogen) atoms. The maximum Gasteiger partial charge on any atom is 0.326 e. The standard InChI is InChI=1S/C16H18N2O3/c1-3-6-14(16(20)21)18-15(19)12-9-10(2)17-13-8-5-4-7-11(12)13/h4-5,7-9,14H,3,6H2,1-2H3,(H,18,19)(H,20,21). The summed E-state index contributed by atoms with van der Waals surface area (Å²) in [6.07, 6.45) is 1.09. The highest BCUT2D eigenvalue weighted by molar-refractivity contribution is 6.07. The highest BCUT2D eigenvalue weighted by Gasteiger charge is 2.21. The van der Waals surface area contributed by atoms with E-state index in [1.54, 1.807) is 6.07 Å². The molecule has 1 aromatic carbocycles. The van der Waals surface area contributed by atoms with E-state index in [0.717, 1.165) is 16.6 Å². The van der Waals surface area contributed by atoms with E-state index >= 15 is 0 Å². The van der Waals surface area contributed by atoms with Crippen molar-refractivity contribution in [2.45, 2.75) is 32.7 Å². The van der Waals surface area contributed by atoms with Crippen molar-refractivity contribution in [3.63, 3.8) is 0 Å². The summed E-state index contributed by atoms with van der Waals surface area (Å²) >= 11 is 0. The smallest absolute Gasteiger partial charge is 0.326 e. The molecule has 1 amide bonds. The number of carboxylic acid groups (broad SMARTS) is 1. The molecule has 1 unspecified atom stereocenters. The number of hydrogen-bond acceptors (Lipinski definition) is 3. The highest BCUT2D eigenvalue weighted by atomic mass is 16.4. The van der Waals surface area contributed by atoms with Crippen molar-refractivity contribution in [1.29, 1.82) is 0 Å². The van der Waals surface area contributed by atoms with E-state index in [9.17, 15) is 9.59 Å². The van der Waals surface area contributed by atoms with Crippen LogP contribution in [-0.2, 0) is 4.79 Å². The molecule has 0 fully saturated rings. The first-order chi connectivity index (χ1) is 10.0. The minimum atomic E-state index is -1.01. The van der Waals surface area contributed by atoms with E-state index < -0.39 is 12.0 Å². The van der Waals surface area contributed by atoms with Crippen LogP contribution < -0.4 is 5.32 Å². The second kappa shape index (κ2) is 6.35. The molecule has 5 heteroatoms. The summed E-state index contributed by atoms with van der Waals surface area (Å²) in [6, 6.07) is 8.15. The van der Waals surface area contributed by atoms with Crippen molar-refractivity contribution >= 4 is 22.8 Å². The molecule has 110 valence electrons. The lowest BCUT2D eigenvalue weighted by Crippen LogP contribution is -2.40. The Bertz CT molecular complexity index is 682. The lowest BCUT2D eigenvalue weighted by Gasteiger charge is -2.14. The van der Waals surface area contributed by atoms with E-state index in [0.29, 0.717) is 18.4 Å². The second-order valence-electron chi connectivity index (χ2n) is 4.98. The summed E-state index contributed by atoms with van der Waals surface area (Å²) in [7, 11) is 0. The number of amides is 1. The van der Waals surface area contributed by atoms with Crippen LogP contribution in [0.15, 0.2) is 30.3 Å². The van der Waals surface area contributed by atoms with Crippen LogP contribution in [0.3, 0.4) is 0 Å². The first-order valence-electron chi connectivity index (χ1n) is 6.93. The zero-order chi connectivity index (χ0) is 15.4. The molecule has 0 aliphatic carbocycles. The number of hydrogen-bond donors (Lipinski definition) is 2. The first-order valence-corrected chi connectivity index (χ1v) is 6.93. The molecule has 2 rings (SSSR count). The van der Waals surface area contributed by atoms with Crippen molar-refractivity contribution in [2.24, 2.45) is 0 Å². The fourth-order valence-corrected chi connectivity index (χ4v) is 2.28. The number of fused-ring (bicyclic) bond motifs is 1. The van der Waals surface area contributed by atoms with Crippen molar-refractivity contribution in [3.05, 3.63) is 41.6 Å². The SMILES string of the molecule is CCCC(NC(=O)c1cc(C)nc2ccccc12)C(=O)O. The molecule has 0 bridgehead atoms. The number of aryl methyl sites for hydroxylation is 1. The normalized spacial score (nSPS) is 12.1. The van der Waals surface area contributed by atoms with Gasteiger partial charge in [0, 0.05) is 11.1 Å². The van der Waals surface area contributed by atoms with E-state index in [1.165, 1.54) is 0 Å². The number of nitrogens with one attached hydrogen (secondary N) is 1. The van der Waals surface area contributed by atoms with Gasteiger partial charge in [-0.1, -0.05) is 31.5 Å². The molecular formula is C16H18N2O3. The van der Waals surface area contributed by atoms with Gasteiger partial charge < -0.3 is 10.4 Å². The minimum absolute atomic E-state index is 0.377. The number of carbonyl (C=O) groups excluding carboxylic acids is 1. The van der Waals surface area contributed by atoms with Crippen molar-refractivity contribution in [2.75, 3.05) is 0 Å². The van der Waals surface area contributed by atoms with Gasteiger partial charge in [0.2, 0.25) is 0 Å². The Morgan fingerprint density at radius 2 is 2.05 bits per heavy atom. The van der Waals surface area contributed by atoms with Crippen LogP contribution in [0, 0.1) is 6.92 Å². The molecule has 0 aliphatic heterocycles. The first kappa shape index (κ1) is 15.0. The van der Waals surface area contributed by atoms with Gasteiger partial charge in [0.15, 0.2) is 0 Å². The van der Waals surface area contributed by atoms with Gasteiger partial charge in [-0.05, 0) is 25.5 Å². The third kappa shape index (κ3) is 3.37. The van der Waals surface area contributed by atoms with Crippen LogP contribution in [0.1, 0.15) is 35.8 Å². The highest BCUT2D eigenvalue weighted by Crippen LogP contribution is 2.18. The van der Waals surface area contributed by atoms with Crippen LogP contribution in [0.5, 0.6) is 0 Å². The predicted octanol–water partition coefficient (Wildman–Crippen LogP) is 2.53. The Hall–Kier alpha value is -2.43. The maximum atomic E-state index is 12.4. The largest absolute Gasteiger partial charge is 0.480 e. The van der Waals surface area contributed by atoms with E-state index in [2.05, 4.69) is 10.3 Å². The van der Waals surface area contributed by atoms with Gasteiger partial charge in [-0.3, -0.25) is 9.78 Å². The van der Waals surface area contributed by atoms with E-state index in [4.69, 9.17) is 5.11 Å². The Balaban J connectivity index is 2.37. The predicted molar refractivity (Wildman–Crippen MR) is 80.3 cm³/mol. The number of carboxylic acids is 1. The van der Waals surface area contributed by atoms with Crippen molar-refractivity contribution < 1.29 is 14.7 Å².